The Kier molecular flexibility index (Phi) is 4.83. The lowest BCUT2D eigenvalue weighted by molar-refractivity contribution is -0.141. The molecule has 0 heterocycles. The fourth-order valence-electron chi connectivity index (χ4n) is 1.26. The monoisotopic (exact) mass is 239 g/mol. The lowest BCUT2D eigenvalue weighted by Gasteiger charge is -2.10. The smallest absolute Gasteiger partial charge is 0.323 e. The Balaban J connectivity index is 2.60. The molecule has 0 saturated carbocycles. The number of ether oxygens (including phenoxy) is 1. The second kappa shape index (κ2) is 5.92. The van der Waals surface area contributed by atoms with Gasteiger partial charge in [0.25, 0.3) is 0 Å². The van der Waals surface area contributed by atoms with Crippen LogP contribution in [0.1, 0.15) is 11.1 Å². The summed E-state index contributed by atoms with van der Waals surface area (Å²) in [5.74, 6) is 0.176. The van der Waals surface area contributed by atoms with Crippen molar-refractivity contribution in [2.24, 2.45) is 5.73 Å². The van der Waals surface area contributed by atoms with E-state index in [1.54, 1.807) is 11.8 Å². The number of hydrogen-bond acceptors (Lipinski definition) is 4. The van der Waals surface area contributed by atoms with Crippen molar-refractivity contribution in [1.82, 2.24) is 0 Å². The van der Waals surface area contributed by atoms with E-state index in [1.165, 1.54) is 23.1 Å². The standard InChI is InChI=1S/C12H17NO2S/c1-8-4-5-9(2)11(6-8)16-7-10(13)12(14)15-3/h4-6,10H,7,13H2,1-3H3. The summed E-state index contributed by atoms with van der Waals surface area (Å²) in [6.07, 6.45) is 0. The molecule has 0 aromatic heterocycles. The van der Waals surface area contributed by atoms with Gasteiger partial charge in [0, 0.05) is 10.6 Å². The highest BCUT2D eigenvalue weighted by Crippen LogP contribution is 2.23. The van der Waals surface area contributed by atoms with Gasteiger partial charge in [0.1, 0.15) is 6.04 Å². The molecule has 3 nitrogen and oxygen atoms in total. The van der Waals surface area contributed by atoms with E-state index in [1.807, 2.05) is 13.8 Å². The van der Waals surface area contributed by atoms with E-state index in [4.69, 9.17) is 5.73 Å². The van der Waals surface area contributed by atoms with Crippen molar-refractivity contribution in [3.8, 4) is 0 Å². The number of thioether (sulfide) groups is 1. The Bertz CT molecular complexity index is 379. The van der Waals surface area contributed by atoms with Gasteiger partial charge in [-0.15, -0.1) is 11.8 Å². The lowest BCUT2D eigenvalue weighted by Crippen LogP contribution is -2.33. The second-order valence-corrected chi connectivity index (χ2v) is 4.77. The number of benzene rings is 1. The lowest BCUT2D eigenvalue weighted by atomic mass is 10.2. The number of nitrogens with two attached hydrogens (primary N) is 1. The summed E-state index contributed by atoms with van der Waals surface area (Å²) < 4.78 is 4.58. The highest BCUT2D eigenvalue weighted by atomic mass is 32.2. The molecule has 0 fully saturated rings. The molecule has 0 aliphatic carbocycles. The van der Waals surface area contributed by atoms with Crippen molar-refractivity contribution in [1.29, 1.82) is 0 Å². The van der Waals surface area contributed by atoms with Crippen LogP contribution in [-0.4, -0.2) is 24.9 Å². The van der Waals surface area contributed by atoms with E-state index >= 15 is 0 Å². The summed E-state index contributed by atoms with van der Waals surface area (Å²) in [7, 11) is 1.35. The predicted octanol–water partition coefficient (Wildman–Crippen LogP) is 1.90. The molecule has 88 valence electrons. The first-order valence-corrected chi connectivity index (χ1v) is 6.06. The summed E-state index contributed by atoms with van der Waals surface area (Å²) in [4.78, 5) is 12.3. The average Bonchev–Trinajstić information content (AvgIpc) is 2.28. The molecule has 0 amide bonds. The van der Waals surface area contributed by atoms with Gasteiger partial charge < -0.3 is 10.5 Å². The Morgan fingerprint density at radius 1 is 1.50 bits per heavy atom. The van der Waals surface area contributed by atoms with E-state index < -0.39 is 6.04 Å². The minimum absolute atomic E-state index is 0.363. The predicted molar refractivity (Wildman–Crippen MR) is 66.6 cm³/mol. The van der Waals surface area contributed by atoms with Gasteiger partial charge in [0.2, 0.25) is 0 Å². The highest BCUT2D eigenvalue weighted by Gasteiger charge is 2.14. The number of carbonyl (C=O) groups excluding carboxylic acids is 1. The van der Waals surface area contributed by atoms with Gasteiger partial charge in [0.05, 0.1) is 7.11 Å². The van der Waals surface area contributed by atoms with Gasteiger partial charge in [-0.2, -0.15) is 0 Å². The number of methoxy groups -OCH3 is 1. The van der Waals surface area contributed by atoms with Crippen molar-refractivity contribution >= 4 is 17.7 Å². The average molecular weight is 239 g/mol. The zero-order valence-corrected chi connectivity index (χ0v) is 10.6. The number of hydrogen-bond donors (Lipinski definition) is 1. The summed E-state index contributed by atoms with van der Waals surface area (Å²) in [6, 6.07) is 5.68. The SMILES string of the molecule is COC(=O)C(N)CSc1cc(C)ccc1C. The van der Waals surface area contributed by atoms with Gasteiger partial charge >= 0.3 is 5.97 Å². The van der Waals surface area contributed by atoms with Gasteiger partial charge in [0.15, 0.2) is 0 Å². The second-order valence-electron chi connectivity index (χ2n) is 3.71. The third kappa shape index (κ3) is 3.54. The zero-order chi connectivity index (χ0) is 12.1. The van der Waals surface area contributed by atoms with E-state index in [0.29, 0.717) is 5.75 Å². The summed E-state index contributed by atoms with van der Waals surface area (Å²) >= 11 is 1.59. The van der Waals surface area contributed by atoms with Crippen LogP contribution in [0.3, 0.4) is 0 Å². The third-order valence-corrected chi connectivity index (χ3v) is 3.54. The Morgan fingerprint density at radius 2 is 2.19 bits per heavy atom. The molecule has 0 aliphatic rings. The normalized spacial score (nSPS) is 12.2. The van der Waals surface area contributed by atoms with Crippen molar-refractivity contribution in [2.45, 2.75) is 24.8 Å². The van der Waals surface area contributed by atoms with Crippen LogP contribution in [-0.2, 0) is 9.53 Å². The first-order valence-electron chi connectivity index (χ1n) is 5.08. The van der Waals surface area contributed by atoms with E-state index in [0.717, 1.165) is 0 Å². The van der Waals surface area contributed by atoms with Crippen LogP contribution in [0.5, 0.6) is 0 Å². The van der Waals surface area contributed by atoms with Crippen LogP contribution < -0.4 is 5.73 Å². The molecule has 0 aliphatic heterocycles. The van der Waals surface area contributed by atoms with Gasteiger partial charge in [-0.05, 0) is 25.5 Å². The molecule has 1 aromatic rings. The third-order valence-electron chi connectivity index (χ3n) is 2.27. The minimum Gasteiger partial charge on any atom is -0.468 e. The van der Waals surface area contributed by atoms with Crippen LogP contribution in [0.15, 0.2) is 23.1 Å². The molecule has 1 unspecified atom stereocenters. The van der Waals surface area contributed by atoms with Gasteiger partial charge in [-0.25, -0.2) is 0 Å². The van der Waals surface area contributed by atoms with Crippen molar-refractivity contribution in [3.05, 3.63) is 29.3 Å². The summed E-state index contributed by atoms with van der Waals surface area (Å²) in [6.45, 7) is 4.09. The summed E-state index contributed by atoms with van der Waals surface area (Å²) in [5, 5.41) is 0. The maximum Gasteiger partial charge on any atom is 0.323 e. The minimum atomic E-state index is -0.560. The molecule has 4 heteroatoms. The van der Waals surface area contributed by atoms with Crippen LogP contribution in [0.4, 0.5) is 0 Å². The molecule has 2 N–H and O–H groups in total. The molecule has 1 aromatic carbocycles. The molecule has 0 bridgehead atoms. The van der Waals surface area contributed by atoms with E-state index in [-0.39, 0.29) is 5.97 Å². The maximum atomic E-state index is 11.1. The van der Waals surface area contributed by atoms with Gasteiger partial charge in [-0.3, -0.25) is 4.79 Å². The molecular formula is C12H17NO2S. The topological polar surface area (TPSA) is 52.3 Å². The van der Waals surface area contributed by atoms with Crippen molar-refractivity contribution in [2.75, 3.05) is 12.9 Å². The molecule has 16 heavy (non-hydrogen) atoms. The molecule has 0 saturated heterocycles. The first kappa shape index (κ1) is 13.1. The van der Waals surface area contributed by atoms with Crippen molar-refractivity contribution in [3.63, 3.8) is 0 Å². The van der Waals surface area contributed by atoms with Crippen molar-refractivity contribution < 1.29 is 9.53 Å². The van der Waals surface area contributed by atoms with Crippen LogP contribution in [0.2, 0.25) is 0 Å². The van der Waals surface area contributed by atoms with Crippen LogP contribution in [0.25, 0.3) is 0 Å². The molecule has 1 atom stereocenters. The van der Waals surface area contributed by atoms with E-state index in [9.17, 15) is 4.79 Å². The van der Waals surface area contributed by atoms with E-state index in [2.05, 4.69) is 22.9 Å². The Morgan fingerprint density at radius 3 is 2.81 bits per heavy atom. The highest BCUT2D eigenvalue weighted by molar-refractivity contribution is 7.99. The van der Waals surface area contributed by atoms with Gasteiger partial charge in [-0.1, -0.05) is 17.7 Å². The fourth-order valence-corrected chi connectivity index (χ4v) is 2.32. The maximum absolute atomic E-state index is 11.1. The quantitative estimate of drug-likeness (QED) is 0.644. The molecule has 1 rings (SSSR count). The number of rotatable bonds is 4. The largest absolute Gasteiger partial charge is 0.468 e. The Labute approximate surface area is 100 Å². The number of aryl methyl sites for hydroxylation is 2. The number of carbonyl (C=O) groups is 1. The number of esters is 1. The molecule has 0 spiro atoms. The fraction of sp³-hybridized carbons (Fsp3) is 0.417. The summed E-state index contributed by atoms with van der Waals surface area (Å²) in [5.41, 5.74) is 8.08. The Hall–Kier alpha value is -1.00. The molecular weight excluding hydrogens is 222 g/mol. The van der Waals surface area contributed by atoms with Crippen LogP contribution >= 0.6 is 11.8 Å². The first-order chi connectivity index (χ1) is 7.54. The zero-order valence-electron chi connectivity index (χ0n) is 9.82. The van der Waals surface area contributed by atoms with Crippen LogP contribution in [0, 0.1) is 13.8 Å². The molecule has 0 radical (unpaired) electrons.